The first-order valence-corrected chi connectivity index (χ1v) is 9.24. The summed E-state index contributed by atoms with van der Waals surface area (Å²) in [6.07, 6.45) is 7.58. The van der Waals surface area contributed by atoms with Crippen LogP contribution in [-0.2, 0) is 13.0 Å². The van der Waals surface area contributed by atoms with Crippen molar-refractivity contribution in [2.24, 2.45) is 0 Å². The topological polar surface area (TPSA) is 98.9 Å². The maximum atomic E-state index is 5.63. The van der Waals surface area contributed by atoms with E-state index in [9.17, 15) is 0 Å². The molecule has 8 heteroatoms. The van der Waals surface area contributed by atoms with Gasteiger partial charge in [-0.25, -0.2) is 4.98 Å². The molecule has 0 saturated carbocycles. The van der Waals surface area contributed by atoms with Gasteiger partial charge in [-0.05, 0) is 31.2 Å². The van der Waals surface area contributed by atoms with Crippen LogP contribution >= 0.6 is 0 Å². The molecule has 1 unspecified atom stereocenters. The van der Waals surface area contributed by atoms with Crippen molar-refractivity contribution in [3.8, 4) is 17.2 Å². The number of hydrogen-bond acceptors (Lipinski definition) is 8. The number of aromatic nitrogens is 5. The third-order valence-corrected chi connectivity index (χ3v) is 4.12. The highest BCUT2D eigenvalue weighted by Crippen LogP contribution is 2.19. The van der Waals surface area contributed by atoms with Crippen LogP contribution in [0.4, 0.5) is 5.82 Å². The van der Waals surface area contributed by atoms with E-state index in [1.54, 1.807) is 24.8 Å². The summed E-state index contributed by atoms with van der Waals surface area (Å²) in [5, 5.41) is 7.31. The van der Waals surface area contributed by atoms with Crippen LogP contribution in [0.2, 0.25) is 0 Å². The van der Waals surface area contributed by atoms with Crippen molar-refractivity contribution >= 4 is 5.82 Å². The molecule has 8 nitrogen and oxygen atoms in total. The Morgan fingerprint density at radius 1 is 1.03 bits per heavy atom. The maximum absolute atomic E-state index is 5.63. The molecular formula is C21H20N6O2. The number of rotatable bonds is 8. The van der Waals surface area contributed by atoms with Gasteiger partial charge in [0.15, 0.2) is 6.61 Å². The molecule has 0 aliphatic rings. The Hall–Kier alpha value is -3.81. The number of pyridine rings is 1. The number of para-hydroxylation sites is 1. The Bertz CT molecular complexity index is 1020. The molecule has 0 aliphatic heterocycles. The molecule has 3 aromatic heterocycles. The zero-order chi connectivity index (χ0) is 19.9. The van der Waals surface area contributed by atoms with E-state index in [2.05, 4.69) is 37.3 Å². The van der Waals surface area contributed by atoms with Crippen molar-refractivity contribution in [1.82, 2.24) is 25.1 Å². The third-order valence-electron chi connectivity index (χ3n) is 4.12. The van der Waals surface area contributed by atoms with E-state index in [1.165, 1.54) is 0 Å². The third kappa shape index (κ3) is 5.13. The smallest absolute Gasteiger partial charge is 0.259 e. The first kappa shape index (κ1) is 18.5. The average molecular weight is 388 g/mol. The number of nitrogens with one attached hydrogen (secondary N) is 1. The second kappa shape index (κ2) is 8.92. The monoisotopic (exact) mass is 388 g/mol. The van der Waals surface area contributed by atoms with Crippen LogP contribution in [-0.4, -0.2) is 31.1 Å². The van der Waals surface area contributed by atoms with Gasteiger partial charge >= 0.3 is 0 Å². The highest BCUT2D eigenvalue weighted by atomic mass is 16.5. The second-order valence-electron chi connectivity index (χ2n) is 6.50. The lowest BCUT2D eigenvalue weighted by molar-refractivity contribution is 0.287. The predicted molar refractivity (Wildman–Crippen MR) is 107 cm³/mol. The lowest BCUT2D eigenvalue weighted by Crippen LogP contribution is -2.19. The van der Waals surface area contributed by atoms with E-state index >= 15 is 0 Å². The van der Waals surface area contributed by atoms with E-state index in [1.807, 2.05) is 42.5 Å². The van der Waals surface area contributed by atoms with Gasteiger partial charge in [0, 0.05) is 37.3 Å². The van der Waals surface area contributed by atoms with Crippen molar-refractivity contribution < 1.29 is 9.26 Å². The van der Waals surface area contributed by atoms with Crippen molar-refractivity contribution in [1.29, 1.82) is 0 Å². The normalized spacial score (nSPS) is 11.8. The Balaban J connectivity index is 1.33. The number of hydrogen-bond donors (Lipinski definition) is 1. The van der Waals surface area contributed by atoms with Gasteiger partial charge in [-0.3, -0.25) is 9.97 Å². The van der Waals surface area contributed by atoms with Gasteiger partial charge in [0.2, 0.25) is 5.82 Å². The molecule has 1 N–H and O–H groups in total. The van der Waals surface area contributed by atoms with Crippen LogP contribution in [0.5, 0.6) is 5.75 Å². The van der Waals surface area contributed by atoms with Gasteiger partial charge in [-0.1, -0.05) is 23.4 Å². The Kier molecular flexibility index (Phi) is 5.70. The van der Waals surface area contributed by atoms with Crippen molar-refractivity contribution in [2.75, 3.05) is 5.32 Å². The quantitative estimate of drug-likeness (QED) is 0.489. The fourth-order valence-electron chi connectivity index (χ4n) is 2.75. The van der Waals surface area contributed by atoms with Gasteiger partial charge in [0.1, 0.15) is 11.6 Å². The van der Waals surface area contributed by atoms with E-state index < -0.39 is 0 Å². The fourth-order valence-corrected chi connectivity index (χ4v) is 2.75. The highest BCUT2D eigenvalue weighted by molar-refractivity contribution is 5.54. The summed E-state index contributed by atoms with van der Waals surface area (Å²) in [7, 11) is 0. The van der Waals surface area contributed by atoms with Crippen LogP contribution in [0, 0.1) is 0 Å². The summed E-state index contributed by atoms with van der Waals surface area (Å²) >= 11 is 0. The molecule has 4 aromatic rings. The summed E-state index contributed by atoms with van der Waals surface area (Å²) in [5.74, 6) is 2.40. The molecule has 0 bridgehead atoms. The van der Waals surface area contributed by atoms with Crippen LogP contribution in [0.1, 0.15) is 18.4 Å². The van der Waals surface area contributed by atoms with E-state index in [4.69, 9.17) is 9.26 Å². The van der Waals surface area contributed by atoms with Gasteiger partial charge in [0.25, 0.3) is 5.89 Å². The molecule has 0 saturated heterocycles. The molecule has 1 aromatic carbocycles. The average Bonchev–Trinajstić information content (AvgIpc) is 3.23. The molecule has 146 valence electrons. The Morgan fingerprint density at radius 2 is 1.93 bits per heavy atom. The van der Waals surface area contributed by atoms with Gasteiger partial charge in [-0.2, -0.15) is 4.98 Å². The van der Waals surface area contributed by atoms with E-state index in [-0.39, 0.29) is 12.6 Å². The Labute approximate surface area is 168 Å². The predicted octanol–water partition coefficient (Wildman–Crippen LogP) is 3.54. The standard InChI is InChI=1S/C21H20N6O2/c1-15(11-17-13-22-9-10-23-17)25-19-8-7-16(12-24-19)21-26-20(27-29-21)14-28-18-5-3-2-4-6-18/h2-10,12-13,15H,11,14H2,1H3,(H,24,25). The van der Waals surface area contributed by atoms with Crippen molar-refractivity contribution in [3.63, 3.8) is 0 Å². The number of nitrogens with zero attached hydrogens (tertiary/aromatic N) is 5. The molecule has 29 heavy (non-hydrogen) atoms. The van der Waals surface area contributed by atoms with Crippen LogP contribution in [0.25, 0.3) is 11.5 Å². The first-order valence-electron chi connectivity index (χ1n) is 9.24. The first-order chi connectivity index (χ1) is 14.3. The molecule has 0 radical (unpaired) electrons. The molecule has 3 heterocycles. The number of ether oxygens (including phenoxy) is 1. The lowest BCUT2D eigenvalue weighted by Gasteiger charge is -2.13. The van der Waals surface area contributed by atoms with Gasteiger partial charge < -0.3 is 14.6 Å². The molecule has 4 rings (SSSR count). The summed E-state index contributed by atoms with van der Waals surface area (Å²) in [6.45, 7) is 2.31. The minimum absolute atomic E-state index is 0.162. The Morgan fingerprint density at radius 3 is 2.69 bits per heavy atom. The van der Waals surface area contributed by atoms with Crippen LogP contribution in [0.15, 0.2) is 71.8 Å². The molecule has 0 spiro atoms. The zero-order valence-electron chi connectivity index (χ0n) is 15.9. The lowest BCUT2D eigenvalue weighted by atomic mass is 10.2. The summed E-state index contributed by atoms with van der Waals surface area (Å²) in [6, 6.07) is 13.4. The summed E-state index contributed by atoms with van der Waals surface area (Å²) in [4.78, 5) is 17.2. The minimum Gasteiger partial charge on any atom is -0.485 e. The minimum atomic E-state index is 0.162. The molecule has 0 amide bonds. The second-order valence-corrected chi connectivity index (χ2v) is 6.50. The van der Waals surface area contributed by atoms with Crippen LogP contribution < -0.4 is 10.1 Å². The molecule has 0 aliphatic carbocycles. The van der Waals surface area contributed by atoms with Crippen molar-refractivity contribution in [2.45, 2.75) is 26.0 Å². The van der Waals surface area contributed by atoms with Gasteiger partial charge in [0.05, 0.1) is 11.3 Å². The van der Waals surface area contributed by atoms with Gasteiger partial charge in [-0.15, -0.1) is 0 Å². The molecule has 0 fully saturated rings. The number of anilines is 1. The fraction of sp³-hybridized carbons (Fsp3) is 0.190. The molecular weight excluding hydrogens is 368 g/mol. The van der Waals surface area contributed by atoms with Crippen LogP contribution in [0.3, 0.4) is 0 Å². The number of benzene rings is 1. The van der Waals surface area contributed by atoms with E-state index in [0.717, 1.165) is 29.2 Å². The largest absolute Gasteiger partial charge is 0.485 e. The summed E-state index contributed by atoms with van der Waals surface area (Å²) < 4.78 is 11.0. The highest BCUT2D eigenvalue weighted by Gasteiger charge is 2.11. The van der Waals surface area contributed by atoms with Crippen molar-refractivity contribution in [3.05, 3.63) is 78.8 Å². The van der Waals surface area contributed by atoms with E-state index in [0.29, 0.717) is 11.7 Å². The summed E-state index contributed by atoms with van der Waals surface area (Å²) in [5.41, 5.74) is 1.68. The molecule has 1 atom stereocenters. The zero-order valence-corrected chi connectivity index (χ0v) is 15.9. The SMILES string of the molecule is CC(Cc1cnccn1)Nc1ccc(-c2nc(COc3ccccc3)no2)cn1. The maximum Gasteiger partial charge on any atom is 0.259 e.